The standard InChI is InChI=1S/C19H28N2O/c1-21(2)13-15-6-4-14(5-7-15)12-20-17-16-8-11-22-18(16)19(17)9-3-10-19/h4-7,16-18,20H,3,8-13H2,1-2H3/t16-,17+,18-/m0/s1. The minimum absolute atomic E-state index is 0.492. The van der Waals surface area contributed by atoms with Gasteiger partial charge in [0.25, 0.3) is 0 Å². The predicted molar refractivity (Wildman–Crippen MR) is 88.6 cm³/mol. The smallest absolute Gasteiger partial charge is 0.0690 e. The fourth-order valence-electron chi connectivity index (χ4n) is 4.92. The van der Waals surface area contributed by atoms with Gasteiger partial charge >= 0.3 is 0 Å². The predicted octanol–water partition coefficient (Wildman–Crippen LogP) is 2.80. The topological polar surface area (TPSA) is 24.5 Å². The van der Waals surface area contributed by atoms with Gasteiger partial charge in [0, 0.05) is 37.1 Å². The first-order chi connectivity index (χ1) is 10.7. The van der Waals surface area contributed by atoms with Gasteiger partial charge < -0.3 is 15.0 Å². The molecule has 1 aromatic carbocycles. The first-order valence-corrected chi connectivity index (χ1v) is 8.77. The van der Waals surface area contributed by atoms with Crippen LogP contribution in [0.1, 0.15) is 36.8 Å². The minimum Gasteiger partial charge on any atom is -0.377 e. The number of fused-ring (bicyclic) bond motifs is 2. The molecule has 3 heteroatoms. The summed E-state index contributed by atoms with van der Waals surface area (Å²) in [4.78, 5) is 2.21. The van der Waals surface area contributed by atoms with Crippen LogP contribution >= 0.6 is 0 Å². The highest BCUT2D eigenvalue weighted by atomic mass is 16.5. The van der Waals surface area contributed by atoms with Gasteiger partial charge in [-0.05, 0) is 44.5 Å². The van der Waals surface area contributed by atoms with Crippen molar-refractivity contribution in [3.05, 3.63) is 35.4 Å². The minimum atomic E-state index is 0.492. The van der Waals surface area contributed by atoms with Crippen molar-refractivity contribution in [1.82, 2.24) is 10.2 Å². The number of hydrogen-bond donors (Lipinski definition) is 1. The Bertz CT molecular complexity index is 521. The molecule has 1 heterocycles. The van der Waals surface area contributed by atoms with Crippen molar-refractivity contribution in [2.75, 3.05) is 20.7 Å². The van der Waals surface area contributed by atoms with Gasteiger partial charge in [0.15, 0.2) is 0 Å². The Labute approximate surface area is 134 Å². The number of ether oxygens (including phenoxy) is 1. The molecule has 3 nitrogen and oxygen atoms in total. The molecule has 0 aromatic heterocycles. The first-order valence-electron chi connectivity index (χ1n) is 8.77. The molecule has 3 aliphatic rings. The Morgan fingerprint density at radius 2 is 1.91 bits per heavy atom. The van der Waals surface area contributed by atoms with E-state index < -0.39 is 0 Å². The molecule has 1 N–H and O–H groups in total. The van der Waals surface area contributed by atoms with Crippen molar-refractivity contribution in [1.29, 1.82) is 0 Å². The third kappa shape index (κ3) is 2.31. The lowest BCUT2D eigenvalue weighted by atomic mass is 9.46. The summed E-state index contributed by atoms with van der Waals surface area (Å²) in [6.45, 7) is 2.99. The third-order valence-corrected chi connectivity index (χ3v) is 6.08. The lowest BCUT2D eigenvalue weighted by molar-refractivity contribution is -0.176. The van der Waals surface area contributed by atoms with Crippen LogP contribution in [0.3, 0.4) is 0 Å². The van der Waals surface area contributed by atoms with Crippen LogP contribution in [0, 0.1) is 11.3 Å². The Kier molecular flexibility index (Phi) is 3.75. The highest BCUT2D eigenvalue weighted by Crippen LogP contribution is 2.62. The van der Waals surface area contributed by atoms with E-state index in [4.69, 9.17) is 4.74 Å². The first kappa shape index (κ1) is 14.7. The molecule has 1 spiro atoms. The molecule has 120 valence electrons. The Morgan fingerprint density at radius 3 is 2.55 bits per heavy atom. The molecule has 1 aliphatic heterocycles. The zero-order valence-electron chi connectivity index (χ0n) is 13.8. The summed E-state index contributed by atoms with van der Waals surface area (Å²) in [7, 11) is 4.23. The Balaban J connectivity index is 1.36. The van der Waals surface area contributed by atoms with Crippen LogP contribution in [0.4, 0.5) is 0 Å². The van der Waals surface area contributed by atoms with Gasteiger partial charge in [-0.15, -0.1) is 0 Å². The van der Waals surface area contributed by atoms with E-state index in [-0.39, 0.29) is 0 Å². The van der Waals surface area contributed by atoms with E-state index >= 15 is 0 Å². The summed E-state index contributed by atoms with van der Waals surface area (Å²) < 4.78 is 6.00. The summed E-state index contributed by atoms with van der Waals surface area (Å²) in [5.74, 6) is 0.772. The molecule has 2 aliphatic carbocycles. The van der Waals surface area contributed by atoms with Gasteiger partial charge in [0.2, 0.25) is 0 Å². The van der Waals surface area contributed by atoms with Gasteiger partial charge in [0.1, 0.15) is 0 Å². The average Bonchev–Trinajstić information content (AvgIpc) is 2.84. The average molecular weight is 300 g/mol. The molecule has 2 saturated carbocycles. The number of nitrogens with one attached hydrogen (secondary N) is 1. The molecule has 3 fully saturated rings. The molecule has 0 unspecified atom stereocenters. The van der Waals surface area contributed by atoms with Crippen molar-refractivity contribution in [3.8, 4) is 0 Å². The summed E-state index contributed by atoms with van der Waals surface area (Å²) in [5.41, 5.74) is 3.28. The maximum absolute atomic E-state index is 6.00. The maximum atomic E-state index is 6.00. The van der Waals surface area contributed by atoms with Gasteiger partial charge in [0.05, 0.1) is 6.10 Å². The van der Waals surface area contributed by atoms with Crippen LogP contribution in [0.25, 0.3) is 0 Å². The summed E-state index contributed by atoms with van der Waals surface area (Å²) >= 11 is 0. The molecule has 0 radical (unpaired) electrons. The third-order valence-electron chi connectivity index (χ3n) is 6.08. The highest BCUT2D eigenvalue weighted by Gasteiger charge is 2.66. The quantitative estimate of drug-likeness (QED) is 0.905. The number of hydrogen-bond acceptors (Lipinski definition) is 3. The van der Waals surface area contributed by atoms with Crippen molar-refractivity contribution < 1.29 is 4.74 Å². The van der Waals surface area contributed by atoms with E-state index in [0.717, 1.165) is 25.6 Å². The molecular weight excluding hydrogens is 272 g/mol. The van der Waals surface area contributed by atoms with Crippen molar-refractivity contribution in [3.63, 3.8) is 0 Å². The fraction of sp³-hybridized carbons (Fsp3) is 0.684. The Hall–Kier alpha value is -0.900. The fourth-order valence-corrected chi connectivity index (χ4v) is 4.92. The second-order valence-corrected chi connectivity index (χ2v) is 7.74. The van der Waals surface area contributed by atoms with E-state index in [1.54, 1.807) is 0 Å². The van der Waals surface area contributed by atoms with Crippen LogP contribution in [0.5, 0.6) is 0 Å². The van der Waals surface area contributed by atoms with E-state index in [9.17, 15) is 0 Å². The second-order valence-electron chi connectivity index (χ2n) is 7.74. The van der Waals surface area contributed by atoms with Crippen LogP contribution in [0.15, 0.2) is 24.3 Å². The van der Waals surface area contributed by atoms with Crippen molar-refractivity contribution in [2.45, 2.75) is 50.9 Å². The number of nitrogens with zero attached hydrogens (tertiary/aromatic N) is 1. The SMILES string of the molecule is CN(C)Cc1ccc(CN[C@@H]2[C@@H]3CCO[C@@H]3C23CCC3)cc1. The monoisotopic (exact) mass is 300 g/mol. The van der Waals surface area contributed by atoms with Crippen LogP contribution < -0.4 is 5.32 Å². The van der Waals surface area contributed by atoms with Crippen molar-refractivity contribution >= 4 is 0 Å². The highest BCUT2D eigenvalue weighted by molar-refractivity contribution is 5.24. The normalized spacial score (nSPS) is 31.9. The summed E-state index contributed by atoms with van der Waals surface area (Å²) in [6.07, 6.45) is 5.96. The second kappa shape index (κ2) is 5.63. The number of benzene rings is 1. The van der Waals surface area contributed by atoms with E-state index in [1.807, 2.05) is 0 Å². The van der Waals surface area contributed by atoms with Gasteiger partial charge in [-0.3, -0.25) is 0 Å². The Morgan fingerprint density at radius 1 is 1.18 bits per heavy atom. The summed E-state index contributed by atoms with van der Waals surface area (Å²) in [6, 6.07) is 9.77. The van der Waals surface area contributed by atoms with Crippen molar-refractivity contribution in [2.24, 2.45) is 11.3 Å². The van der Waals surface area contributed by atoms with Crippen LogP contribution in [-0.4, -0.2) is 37.7 Å². The van der Waals surface area contributed by atoms with Crippen LogP contribution in [0.2, 0.25) is 0 Å². The van der Waals surface area contributed by atoms with Gasteiger partial charge in [-0.1, -0.05) is 30.7 Å². The van der Waals surface area contributed by atoms with Gasteiger partial charge in [-0.25, -0.2) is 0 Å². The molecule has 0 amide bonds. The molecule has 22 heavy (non-hydrogen) atoms. The molecule has 1 saturated heterocycles. The zero-order chi connectivity index (χ0) is 15.2. The van der Waals surface area contributed by atoms with E-state index in [2.05, 4.69) is 48.6 Å². The molecule has 0 bridgehead atoms. The lowest BCUT2D eigenvalue weighted by Crippen LogP contribution is -2.70. The molecule has 4 rings (SSSR count). The van der Waals surface area contributed by atoms with Gasteiger partial charge in [-0.2, -0.15) is 0 Å². The van der Waals surface area contributed by atoms with E-state index in [0.29, 0.717) is 17.6 Å². The molecule has 1 aromatic rings. The lowest BCUT2D eigenvalue weighted by Gasteiger charge is -2.63. The largest absolute Gasteiger partial charge is 0.377 e. The number of rotatable bonds is 5. The molecule has 3 atom stereocenters. The van der Waals surface area contributed by atoms with E-state index in [1.165, 1.54) is 36.8 Å². The zero-order valence-corrected chi connectivity index (χ0v) is 13.8. The summed E-state index contributed by atoms with van der Waals surface area (Å²) in [5, 5.41) is 3.87. The van der Waals surface area contributed by atoms with Crippen LogP contribution in [-0.2, 0) is 17.8 Å². The maximum Gasteiger partial charge on any atom is 0.0690 e. The molecular formula is C19H28N2O.